The number of nitrogens with zero attached hydrogens (tertiary/aromatic N) is 4. The standard InChI is InChI=1S/C25H28N6O/c26-21-11-13-30(14-12-21)17-20-10-15-31-24(20)25(28-18-29-31)27-16-19-6-8-23(9-7-19)32-22-4-2-1-3-5-22/h1-10,15,18,21H,11-14,16-17,26H2,(H,27,28,29). The number of nitrogens with two attached hydrogens (primary N) is 1. The van der Waals surface area contributed by atoms with Gasteiger partial charge in [0.05, 0.1) is 0 Å². The van der Waals surface area contributed by atoms with E-state index in [1.807, 2.05) is 53.2 Å². The van der Waals surface area contributed by atoms with Gasteiger partial charge in [0.2, 0.25) is 0 Å². The number of benzene rings is 2. The van der Waals surface area contributed by atoms with Crippen molar-refractivity contribution in [2.75, 3.05) is 18.4 Å². The highest BCUT2D eigenvalue weighted by Gasteiger charge is 2.18. The Morgan fingerprint density at radius 1 is 0.969 bits per heavy atom. The van der Waals surface area contributed by atoms with Crippen molar-refractivity contribution >= 4 is 11.3 Å². The molecule has 1 fully saturated rings. The Kier molecular flexibility index (Phi) is 6.00. The maximum atomic E-state index is 6.06. The van der Waals surface area contributed by atoms with Crippen LogP contribution in [-0.2, 0) is 13.1 Å². The fourth-order valence-corrected chi connectivity index (χ4v) is 4.11. The smallest absolute Gasteiger partial charge is 0.154 e. The first-order valence-corrected chi connectivity index (χ1v) is 11.1. The van der Waals surface area contributed by atoms with Crippen LogP contribution < -0.4 is 15.8 Å². The third-order valence-corrected chi connectivity index (χ3v) is 5.93. The highest BCUT2D eigenvalue weighted by atomic mass is 16.5. The van der Waals surface area contributed by atoms with E-state index in [0.29, 0.717) is 12.6 Å². The fourth-order valence-electron chi connectivity index (χ4n) is 4.11. The molecule has 7 nitrogen and oxygen atoms in total. The van der Waals surface area contributed by atoms with Gasteiger partial charge < -0.3 is 15.8 Å². The largest absolute Gasteiger partial charge is 0.457 e. The average molecular weight is 429 g/mol. The molecule has 0 atom stereocenters. The Labute approximate surface area is 187 Å². The van der Waals surface area contributed by atoms with Crippen LogP contribution in [0.25, 0.3) is 5.52 Å². The van der Waals surface area contributed by atoms with Crippen molar-refractivity contribution in [2.24, 2.45) is 5.73 Å². The second-order valence-corrected chi connectivity index (χ2v) is 8.27. The molecule has 7 heteroatoms. The summed E-state index contributed by atoms with van der Waals surface area (Å²) < 4.78 is 7.78. The molecule has 2 aromatic heterocycles. The quantitative estimate of drug-likeness (QED) is 0.462. The van der Waals surface area contributed by atoms with E-state index in [0.717, 1.165) is 60.9 Å². The van der Waals surface area contributed by atoms with Gasteiger partial charge in [-0.05, 0) is 67.4 Å². The third-order valence-electron chi connectivity index (χ3n) is 5.93. The van der Waals surface area contributed by atoms with E-state index in [2.05, 4.69) is 38.5 Å². The molecule has 0 aliphatic carbocycles. The van der Waals surface area contributed by atoms with Gasteiger partial charge in [-0.25, -0.2) is 9.50 Å². The van der Waals surface area contributed by atoms with Gasteiger partial charge in [-0.15, -0.1) is 0 Å². The second kappa shape index (κ2) is 9.38. The van der Waals surface area contributed by atoms with Crippen LogP contribution in [0, 0.1) is 0 Å². The summed E-state index contributed by atoms with van der Waals surface area (Å²) >= 11 is 0. The molecule has 0 saturated carbocycles. The number of ether oxygens (including phenoxy) is 1. The number of hydrogen-bond donors (Lipinski definition) is 2. The zero-order valence-corrected chi connectivity index (χ0v) is 18.0. The lowest BCUT2D eigenvalue weighted by Gasteiger charge is -2.29. The zero-order chi connectivity index (χ0) is 21.8. The lowest BCUT2D eigenvalue weighted by Crippen LogP contribution is -2.39. The van der Waals surface area contributed by atoms with Crippen LogP contribution in [0.4, 0.5) is 5.82 Å². The van der Waals surface area contributed by atoms with E-state index < -0.39 is 0 Å². The minimum atomic E-state index is 0.335. The van der Waals surface area contributed by atoms with E-state index in [1.165, 1.54) is 5.56 Å². The number of piperidine rings is 1. The van der Waals surface area contributed by atoms with Crippen molar-refractivity contribution in [3.8, 4) is 11.5 Å². The summed E-state index contributed by atoms with van der Waals surface area (Å²) in [5.41, 5.74) is 9.48. The van der Waals surface area contributed by atoms with E-state index in [4.69, 9.17) is 10.5 Å². The molecule has 0 bridgehead atoms. The molecule has 3 heterocycles. The maximum absolute atomic E-state index is 6.06. The van der Waals surface area contributed by atoms with Crippen LogP contribution in [-0.4, -0.2) is 38.6 Å². The number of rotatable bonds is 7. The highest BCUT2D eigenvalue weighted by molar-refractivity contribution is 5.72. The summed E-state index contributed by atoms with van der Waals surface area (Å²) in [6.07, 6.45) is 5.70. The summed E-state index contributed by atoms with van der Waals surface area (Å²) in [7, 11) is 0. The van der Waals surface area contributed by atoms with Gasteiger partial charge in [0.1, 0.15) is 23.3 Å². The molecule has 1 saturated heterocycles. The van der Waals surface area contributed by atoms with Gasteiger partial charge in [0.25, 0.3) is 0 Å². The fraction of sp³-hybridized carbons (Fsp3) is 0.280. The van der Waals surface area contributed by atoms with Crippen molar-refractivity contribution in [1.82, 2.24) is 19.5 Å². The number of para-hydroxylation sites is 1. The monoisotopic (exact) mass is 428 g/mol. The van der Waals surface area contributed by atoms with Gasteiger partial charge in [-0.2, -0.15) is 5.10 Å². The Morgan fingerprint density at radius 2 is 1.72 bits per heavy atom. The van der Waals surface area contributed by atoms with E-state index in [9.17, 15) is 0 Å². The number of nitrogens with one attached hydrogen (secondary N) is 1. The molecule has 0 radical (unpaired) electrons. The molecule has 4 aromatic rings. The van der Waals surface area contributed by atoms with Gasteiger partial charge >= 0.3 is 0 Å². The second-order valence-electron chi connectivity index (χ2n) is 8.27. The van der Waals surface area contributed by atoms with Crippen molar-refractivity contribution in [2.45, 2.75) is 32.0 Å². The molecule has 2 aromatic carbocycles. The van der Waals surface area contributed by atoms with Crippen molar-refractivity contribution in [1.29, 1.82) is 0 Å². The normalized spacial score (nSPS) is 15.2. The summed E-state index contributed by atoms with van der Waals surface area (Å²) in [6, 6.07) is 20.4. The molecule has 5 rings (SSSR count). The Hall–Kier alpha value is -3.42. The first-order valence-electron chi connectivity index (χ1n) is 11.1. The maximum Gasteiger partial charge on any atom is 0.154 e. The van der Waals surface area contributed by atoms with Gasteiger partial charge in [0, 0.05) is 25.3 Å². The molecule has 0 unspecified atom stereocenters. The van der Waals surface area contributed by atoms with Crippen LogP contribution in [0.2, 0.25) is 0 Å². The van der Waals surface area contributed by atoms with E-state index in [-0.39, 0.29) is 0 Å². The topological polar surface area (TPSA) is 80.7 Å². The zero-order valence-electron chi connectivity index (χ0n) is 18.0. The molecule has 3 N–H and O–H groups in total. The Balaban J connectivity index is 1.26. The minimum absolute atomic E-state index is 0.335. The molecular formula is C25H28N6O. The average Bonchev–Trinajstić information content (AvgIpc) is 3.24. The van der Waals surface area contributed by atoms with Crippen LogP contribution in [0.3, 0.4) is 0 Å². The van der Waals surface area contributed by atoms with E-state index >= 15 is 0 Å². The van der Waals surface area contributed by atoms with Gasteiger partial charge in [0.15, 0.2) is 5.82 Å². The molecule has 164 valence electrons. The molecule has 0 spiro atoms. The summed E-state index contributed by atoms with van der Waals surface area (Å²) in [4.78, 5) is 6.99. The predicted molar refractivity (Wildman–Crippen MR) is 126 cm³/mol. The summed E-state index contributed by atoms with van der Waals surface area (Å²) in [6.45, 7) is 3.62. The van der Waals surface area contributed by atoms with Gasteiger partial charge in [-0.3, -0.25) is 4.90 Å². The van der Waals surface area contributed by atoms with Crippen molar-refractivity contribution in [3.05, 3.63) is 84.3 Å². The number of hydrogen-bond acceptors (Lipinski definition) is 6. The Bertz CT molecular complexity index is 1150. The molecule has 0 amide bonds. The first kappa shape index (κ1) is 20.5. The SMILES string of the molecule is NC1CCN(Cc2ccn3ncnc(NCc4ccc(Oc5ccccc5)cc4)c23)CC1. The lowest BCUT2D eigenvalue weighted by atomic mass is 10.1. The molecule has 32 heavy (non-hydrogen) atoms. The van der Waals surface area contributed by atoms with Crippen LogP contribution >= 0.6 is 0 Å². The number of aromatic nitrogens is 3. The minimum Gasteiger partial charge on any atom is -0.457 e. The number of anilines is 1. The Morgan fingerprint density at radius 3 is 2.50 bits per heavy atom. The highest BCUT2D eigenvalue weighted by Crippen LogP contribution is 2.24. The third kappa shape index (κ3) is 4.74. The van der Waals surface area contributed by atoms with Crippen LogP contribution in [0.5, 0.6) is 11.5 Å². The van der Waals surface area contributed by atoms with Crippen molar-refractivity contribution in [3.63, 3.8) is 0 Å². The molecular weight excluding hydrogens is 400 g/mol. The summed E-state index contributed by atoms with van der Waals surface area (Å²) in [5.74, 6) is 2.50. The van der Waals surface area contributed by atoms with Crippen LogP contribution in [0.15, 0.2) is 73.2 Å². The molecule has 1 aliphatic rings. The number of fused-ring (bicyclic) bond motifs is 1. The van der Waals surface area contributed by atoms with Gasteiger partial charge in [-0.1, -0.05) is 30.3 Å². The summed E-state index contributed by atoms with van der Waals surface area (Å²) in [5, 5.41) is 7.88. The van der Waals surface area contributed by atoms with Crippen molar-refractivity contribution < 1.29 is 4.74 Å². The first-order chi connectivity index (χ1) is 15.7. The van der Waals surface area contributed by atoms with E-state index in [1.54, 1.807) is 6.33 Å². The van der Waals surface area contributed by atoms with Crippen LogP contribution in [0.1, 0.15) is 24.0 Å². The molecule has 1 aliphatic heterocycles. The lowest BCUT2D eigenvalue weighted by molar-refractivity contribution is 0.206. The number of likely N-dealkylation sites (tertiary alicyclic amines) is 1. The predicted octanol–water partition coefficient (Wildman–Crippen LogP) is 4.06.